The highest BCUT2D eigenvalue weighted by Crippen LogP contribution is 2.40. The van der Waals surface area contributed by atoms with Gasteiger partial charge in [0.05, 0.1) is 12.5 Å². The average Bonchev–Trinajstić information content (AvgIpc) is 2.90. The van der Waals surface area contributed by atoms with Crippen LogP contribution >= 0.6 is 0 Å². The first kappa shape index (κ1) is 17.9. The molecule has 0 radical (unpaired) electrons. The summed E-state index contributed by atoms with van der Waals surface area (Å²) in [5, 5.41) is 13.9. The highest BCUT2D eigenvalue weighted by Gasteiger charge is 2.41. The van der Waals surface area contributed by atoms with Gasteiger partial charge in [0.25, 0.3) is 5.56 Å². The molecule has 6 nitrogen and oxygen atoms in total. The third-order valence-electron chi connectivity index (χ3n) is 5.00. The summed E-state index contributed by atoms with van der Waals surface area (Å²) in [5.74, 6) is -0.523. The minimum absolute atomic E-state index is 0.174. The molecule has 9 heteroatoms. The van der Waals surface area contributed by atoms with Gasteiger partial charge in [-0.2, -0.15) is 18.3 Å². The van der Waals surface area contributed by atoms with E-state index >= 15 is 0 Å². The Hall–Kier alpha value is -1.90. The van der Waals surface area contributed by atoms with Crippen LogP contribution in [0.2, 0.25) is 0 Å². The second kappa shape index (κ2) is 6.78. The molecular weight excluding hydrogens is 337 g/mol. The lowest BCUT2D eigenvalue weighted by atomic mass is 9.80. The summed E-state index contributed by atoms with van der Waals surface area (Å²) < 4.78 is 39.8. The lowest BCUT2D eigenvalue weighted by molar-refractivity contribution is -0.184. The number of aryl methyl sites for hydroxylation is 2. The SMILES string of the molecule is Cc1nc2c(c(CO)nn2CCC2CCC(C(F)(F)F)CC2)c(=O)[nH]1. The lowest BCUT2D eigenvalue weighted by Gasteiger charge is -2.29. The second-order valence-corrected chi connectivity index (χ2v) is 6.73. The molecule has 1 fully saturated rings. The first-order valence-corrected chi connectivity index (χ1v) is 8.43. The smallest absolute Gasteiger partial charge is 0.390 e. The van der Waals surface area contributed by atoms with E-state index in [4.69, 9.17) is 0 Å². The third-order valence-corrected chi connectivity index (χ3v) is 5.00. The number of aromatic nitrogens is 4. The molecule has 0 bridgehead atoms. The largest absolute Gasteiger partial charge is 0.391 e. The molecule has 1 aliphatic carbocycles. The van der Waals surface area contributed by atoms with Crippen LogP contribution in [0.15, 0.2) is 4.79 Å². The molecule has 0 spiro atoms. The fraction of sp³-hybridized carbons (Fsp3) is 0.688. The second-order valence-electron chi connectivity index (χ2n) is 6.73. The minimum Gasteiger partial charge on any atom is -0.390 e. The molecular formula is C16H21F3N4O2. The van der Waals surface area contributed by atoms with E-state index in [1.165, 1.54) is 0 Å². The van der Waals surface area contributed by atoms with Crippen LogP contribution in [-0.2, 0) is 13.2 Å². The Bertz CT molecular complexity index is 804. The van der Waals surface area contributed by atoms with E-state index in [0.717, 1.165) is 0 Å². The van der Waals surface area contributed by atoms with Crippen LogP contribution in [-0.4, -0.2) is 31.0 Å². The number of fused-ring (bicyclic) bond motifs is 1. The predicted octanol–water partition coefficient (Wildman–Crippen LogP) is 2.68. The van der Waals surface area contributed by atoms with Crippen molar-refractivity contribution < 1.29 is 18.3 Å². The highest BCUT2D eigenvalue weighted by molar-refractivity contribution is 5.77. The van der Waals surface area contributed by atoms with Crippen molar-refractivity contribution in [2.75, 3.05) is 0 Å². The number of H-pyrrole nitrogens is 1. The van der Waals surface area contributed by atoms with E-state index in [1.807, 2.05) is 0 Å². The van der Waals surface area contributed by atoms with Crippen LogP contribution < -0.4 is 5.56 Å². The maximum absolute atomic E-state index is 12.7. The molecule has 0 aliphatic heterocycles. The molecule has 2 aromatic heterocycles. The maximum Gasteiger partial charge on any atom is 0.391 e. The van der Waals surface area contributed by atoms with Crippen molar-refractivity contribution in [1.82, 2.24) is 19.7 Å². The van der Waals surface area contributed by atoms with Crippen molar-refractivity contribution in [3.8, 4) is 0 Å². The lowest BCUT2D eigenvalue weighted by Crippen LogP contribution is -2.28. The van der Waals surface area contributed by atoms with Gasteiger partial charge in [-0.15, -0.1) is 0 Å². The first-order valence-electron chi connectivity index (χ1n) is 8.43. The van der Waals surface area contributed by atoms with E-state index in [-0.39, 0.29) is 42.0 Å². The standard InChI is InChI=1S/C16H21F3N4O2/c1-9-20-14-13(15(25)21-9)12(8-24)22-23(14)7-6-10-2-4-11(5-3-10)16(17,18)19/h10-11,24H,2-8H2,1H3,(H,20,21,25). The Balaban J connectivity index is 1.71. The summed E-state index contributed by atoms with van der Waals surface area (Å²) in [7, 11) is 0. The van der Waals surface area contributed by atoms with Gasteiger partial charge in [0.1, 0.15) is 16.9 Å². The molecule has 1 aliphatic rings. The zero-order chi connectivity index (χ0) is 18.2. The normalized spacial score (nSPS) is 21.8. The average molecular weight is 358 g/mol. The number of rotatable bonds is 4. The molecule has 0 unspecified atom stereocenters. The zero-order valence-electron chi connectivity index (χ0n) is 13.9. The predicted molar refractivity (Wildman–Crippen MR) is 84.9 cm³/mol. The number of halogens is 3. The quantitative estimate of drug-likeness (QED) is 0.880. The molecule has 3 rings (SSSR count). The molecule has 0 amide bonds. The zero-order valence-corrected chi connectivity index (χ0v) is 13.9. The van der Waals surface area contributed by atoms with E-state index in [9.17, 15) is 23.1 Å². The van der Waals surface area contributed by atoms with Crippen LogP contribution in [0.4, 0.5) is 13.2 Å². The van der Waals surface area contributed by atoms with Crippen LogP contribution in [0.3, 0.4) is 0 Å². The number of aliphatic hydroxyl groups is 1. The Morgan fingerprint density at radius 1 is 1.28 bits per heavy atom. The maximum atomic E-state index is 12.7. The summed E-state index contributed by atoms with van der Waals surface area (Å²) in [4.78, 5) is 18.9. The Labute approximate surface area is 142 Å². The first-order chi connectivity index (χ1) is 11.8. The van der Waals surface area contributed by atoms with Crippen LogP contribution in [0, 0.1) is 18.8 Å². The molecule has 138 valence electrons. The molecule has 0 saturated heterocycles. The number of alkyl halides is 3. The van der Waals surface area contributed by atoms with Gasteiger partial charge in [-0.3, -0.25) is 4.79 Å². The molecule has 0 atom stereocenters. The minimum atomic E-state index is -4.10. The fourth-order valence-corrected chi connectivity index (χ4v) is 3.61. The summed E-state index contributed by atoms with van der Waals surface area (Å²) in [6, 6.07) is 0. The topological polar surface area (TPSA) is 83.8 Å². The number of hydrogen-bond donors (Lipinski definition) is 2. The Morgan fingerprint density at radius 3 is 2.56 bits per heavy atom. The van der Waals surface area contributed by atoms with E-state index in [0.29, 0.717) is 37.3 Å². The van der Waals surface area contributed by atoms with Gasteiger partial charge in [0, 0.05) is 6.54 Å². The molecule has 1 saturated carbocycles. The van der Waals surface area contributed by atoms with Crippen molar-refractivity contribution in [3.63, 3.8) is 0 Å². The molecule has 25 heavy (non-hydrogen) atoms. The van der Waals surface area contributed by atoms with Gasteiger partial charge in [-0.05, 0) is 44.9 Å². The van der Waals surface area contributed by atoms with Crippen LogP contribution in [0.25, 0.3) is 11.0 Å². The number of aliphatic hydroxyl groups excluding tert-OH is 1. The van der Waals surface area contributed by atoms with Gasteiger partial charge in [0.2, 0.25) is 0 Å². The Kier molecular flexibility index (Phi) is 4.86. The van der Waals surface area contributed by atoms with Crippen molar-refractivity contribution in [3.05, 3.63) is 21.9 Å². The van der Waals surface area contributed by atoms with E-state index in [1.54, 1.807) is 11.6 Å². The van der Waals surface area contributed by atoms with Crippen molar-refractivity contribution in [2.45, 2.75) is 58.4 Å². The number of nitrogens with one attached hydrogen (secondary N) is 1. The van der Waals surface area contributed by atoms with E-state index < -0.39 is 12.1 Å². The van der Waals surface area contributed by atoms with Crippen molar-refractivity contribution in [1.29, 1.82) is 0 Å². The molecule has 2 heterocycles. The number of nitrogens with zero attached hydrogens (tertiary/aromatic N) is 3. The van der Waals surface area contributed by atoms with Gasteiger partial charge in [-0.25, -0.2) is 9.67 Å². The molecule has 2 N–H and O–H groups in total. The summed E-state index contributed by atoms with van der Waals surface area (Å²) >= 11 is 0. The summed E-state index contributed by atoms with van der Waals surface area (Å²) in [5.41, 5.74) is 0.335. The summed E-state index contributed by atoms with van der Waals surface area (Å²) in [6.45, 7) is 1.76. The van der Waals surface area contributed by atoms with Gasteiger partial charge < -0.3 is 10.1 Å². The fourth-order valence-electron chi connectivity index (χ4n) is 3.61. The number of aromatic amines is 1. The Morgan fingerprint density at radius 2 is 1.96 bits per heavy atom. The molecule has 2 aromatic rings. The highest BCUT2D eigenvalue weighted by atomic mass is 19.4. The van der Waals surface area contributed by atoms with Crippen molar-refractivity contribution in [2.24, 2.45) is 11.8 Å². The number of hydrogen-bond acceptors (Lipinski definition) is 4. The van der Waals surface area contributed by atoms with E-state index in [2.05, 4.69) is 15.1 Å². The van der Waals surface area contributed by atoms with Crippen LogP contribution in [0.5, 0.6) is 0 Å². The summed E-state index contributed by atoms with van der Waals surface area (Å²) in [6.07, 6.45) is -1.98. The van der Waals surface area contributed by atoms with Gasteiger partial charge >= 0.3 is 6.18 Å². The van der Waals surface area contributed by atoms with Crippen molar-refractivity contribution >= 4 is 11.0 Å². The molecule has 0 aromatic carbocycles. The van der Waals surface area contributed by atoms with Gasteiger partial charge in [0.15, 0.2) is 5.65 Å². The van der Waals surface area contributed by atoms with Crippen LogP contribution in [0.1, 0.15) is 43.6 Å². The third kappa shape index (κ3) is 3.70. The monoisotopic (exact) mass is 358 g/mol. The van der Waals surface area contributed by atoms with Gasteiger partial charge in [-0.1, -0.05) is 0 Å².